The highest BCUT2D eigenvalue weighted by molar-refractivity contribution is 5.80. The molecule has 154 valence electrons. The summed E-state index contributed by atoms with van der Waals surface area (Å²) in [5, 5.41) is 0. The molecule has 0 saturated heterocycles. The highest BCUT2D eigenvalue weighted by Gasteiger charge is 2.31. The van der Waals surface area contributed by atoms with Crippen molar-refractivity contribution >= 4 is 17.5 Å². The van der Waals surface area contributed by atoms with E-state index in [9.17, 15) is 9.59 Å². The van der Waals surface area contributed by atoms with Crippen LogP contribution in [0.15, 0.2) is 48.5 Å². The maximum atomic E-state index is 13.2. The van der Waals surface area contributed by atoms with E-state index >= 15 is 0 Å². The normalized spacial score (nSPS) is 15.6. The molecule has 1 atom stereocenters. The summed E-state index contributed by atoms with van der Waals surface area (Å²) >= 11 is 0. The lowest BCUT2D eigenvalue weighted by molar-refractivity contribution is -0.137. The highest BCUT2D eigenvalue weighted by Crippen LogP contribution is 2.33. The van der Waals surface area contributed by atoms with Gasteiger partial charge in [0.05, 0.1) is 12.5 Å². The number of benzene rings is 2. The van der Waals surface area contributed by atoms with Crippen molar-refractivity contribution in [2.45, 2.75) is 39.3 Å². The maximum Gasteiger partial charge on any atom is 0.225 e. The number of anilines is 1. The van der Waals surface area contributed by atoms with Gasteiger partial charge in [-0.05, 0) is 42.2 Å². The van der Waals surface area contributed by atoms with Crippen LogP contribution in [0.25, 0.3) is 0 Å². The number of hydrogen-bond acceptors (Lipinski definition) is 3. The molecule has 0 aromatic heterocycles. The summed E-state index contributed by atoms with van der Waals surface area (Å²) in [4.78, 5) is 31.2. The lowest BCUT2D eigenvalue weighted by atomic mass is 9.90. The number of amides is 2. The predicted octanol–water partition coefficient (Wildman–Crippen LogP) is 3.64. The van der Waals surface area contributed by atoms with Crippen LogP contribution >= 0.6 is 0 Å². The molecule has 0 saturated carbocycles. The Hall–Kier alpha value is -2.82. The number of fused-ring (bicyclic) bond motifs is 1. The summed E-state index contributed by atoms with van der Waals surface area (Å²) in [6, 6.07) is 16.3. The molecule has 0 aliphatic carbocycles. The Morgan fingerprint density at radius 2 is 1.76 bits per heavy atom. The summed E-state index contributed by atoms with van der Waals surface area (Å²) in [7, 11) is 4.03. The molecule has 2 aromatic rings. The van der Waals surface area contributed by atoms with E-state index < -0.39 is 0 Å². The van der Waals surface area contributed by atoms with Crippen molar-refractivity contribution in [3.8, 4) is 0 Å². The molecule has 5 nitrogen and oxygen atoms in total. The van der Waals surface area contributed by atoms with Crippen LogP contribution in [-0.2, 0) is 22.6 Å². The van der Waals surface area contributed by atoms with E-state index in [1.54, 1.807) is 6.92 Å². The minimum atomic E-state index is -0.185. The highest BCUT2D eigenvalue weighted by atomic mass is 16.2. The Labute approximate surface area is 173 Å². The van der Waals surface area contributed by atoms with Crippen LogP contribution in [0.1, 0.15) is 43.0 Å². The SMILES string of the molecule is CCN(Cc1ccc(N(C)C)cc1)C(=O)CC1c2ccccc2CCN1C(C)=O. The van der Waals surface area contributed by atoms with E-state index in [4.69, 9.17) is 0 Å². The molecule has 1 unspecified atom stereocenters. The van der Waals surface area contributed by atoms with Crippen molar-refractivity contribution in [3.63, 3.8) is 0 Å². The van der Waals surface area contributed by atoms with E-state index in [1.807, 2.05) is 43.0 Å². The van der Waals surface area contributed by atoms with Crippen molar-refractivity contribution in [2.75, 3.05) is 32.1 Å². The molecule has 0 bridgehead atoms. The third-order valence-electron chi connectivity index (χ3n) is 5.75. The molecule has 1 aliphatic heterocycles. The van der Waals surface area contributed by atoms with Crippen LogP contribution in [-0.4, -0.2) is 48.8 Å². The summed E-state index contributed by atoms with van der Waals surface area (Å²) < 4.78 is 0. The van der Waals surface area contributed by atoms with Gasteiger partial charge in [-0.25, -0.2) is 0 Å². The zero-order valence-corrected chi connectivity index (χ0v) is 17.9. The van der Waals surface area contributed by atoms with Crippen molar-refractivity contribution in [2.24, 2.45) is 0 Å². The molecule has 1 aliphatic rings. The summed E-state index contributed by atoms with van der Waals surface area (Å²) in [5.74, 6) is 0.108. The van der Waals surface area contributed by atoms with Gasteiger partial charge >= 0.3 is 0 Å². The Morgan fingerprint density at radius 1 is 1.07 bits per heavy atom. The number of hydrogen-bond donors (Lipinski definition) is 0. The quantitative estimate of drug-likeness (QED) is 0.753. The molecule has 2 amide bonds. The number of carbonyl (C=O) groups is 2. The van der Waals surface area contributed by atoms with E-state index in [0.717, 1.165) is 23.2 Å². The van der Waals surface area contributed by atoms with E-state index in [-0.39, 0.29) is 17.9 Å². The molecule has 1 heterocycles. The molecule has 0 spiro atoms. The van der Waals surface area contributed by atoms with Crippen LogP contribution in [0.3, 0.4) is 0 Å². The molecule has 0 N–H and O–H groups in total. The average molecular weight is 394 g/mol. The molecule has 3 rings (SSSR count). The predicted molar refractivity (Wildman–Crippen MR) is 117 cm³/mol. The van der Waals surface area contributed by atoms with Crippen molar-refractivity contribution < 1.29 is 9.59 Å². The minimum absolute atomic E-state index is 0.0274. The first-order valence-corrected chi connectivity index (χ1v) is 10.3. The monoisotopic (exact) mass is 393 g/mol. The zero-order valence-electron chi connectivity index (χ0n) is 17.9. The molecule has 0 radical (unpaired) electrons. The number of rotatable bonds is 6. The summed E-state index contributed by atoms with van der Waals surface area (Å²) in [6.07, 6.45) is 1.16. The van der Waals surface area contributed by atoms with Gasteiger partial charge in [-0.3, -0.25) is 9.59 Å². The second-order valence-corrected chi connectivity index (χ2v) is 7.85. The molecule has 5 heteroatoms. The lowest BCUT2D eigenvalue weighted by Crippen LogP contribution is -2.42. The van der Waals surface area contributed by atoms with Crippen LogP contribution in [0.5, 0.6) is 0 Å². The summed E-state index contributed by atoms with van der Waals surface area (Å²) in [5.41, 5.74) is 4.59. The van der Waals surface area contributed by atoms with Crippen LogP contribution in [0.4, 0.5) is 5.69 Å². The second kappa shape index (κ2) is 9.12. The fourth-order valence-corrected chi connectivity index (χ4v) is 4.04. The minimum Gasteiger partial charge on any atom is -0.378 e. The Kier molecular flexibility index (Phi) is 6.57. The van der Waals surface area contributed by atoms with Crippen molar-refractivity contribution in [1.82, 2.24) is 9.80 Å². The van der Waals surface area contributed by atoms with Gasteiger partial charge in [0.2, 0.25) is 11.8 Å². The molecular formula is C24H31N3O2. The number of nitrogens with zero attached hydrogens (tertiary/aromatic N) is 3. The molecule has 29 heavy (non-hydrogen) atoms. The average Bonchev–Trinajstić information content (AvgIpc) is 2.72. The maximum absolute atomic E-state index is 13.2. The third kappa shape index (κ3) is 4.78. The van der Waals surface area contributed by atoms with Gasteiger partial charge in [-0.1, -0.05) is 36.4 Å². The third-order valence-corrected chi connectivity index (χ3v) is 5.75. The smallest absolute Gasteiger partial charge is 0.225 e. The summed E-state index contributed by atoms with van der Waals surface area (Å²) in [6.45, 7) is 5.49. The fraction of sp³-hybridized carbons (Fsp3) is 0.417. The van der Waals surface area contributed by atoms with Crippen LogP contribution in [0, 0.1) is 0 Å². The van der Waals surface area contributed by atoms with Gasteiger partial charge in [0.15, 0.2) is 0 Å². The molecular weight excluding hydrogens is 362 g/mol. The van der Waals surface area contributed by atoms with Gasteiger partial charge in [0, 0.05) is 46.3 Å². The van der Waals surface area contributed by atoms with Crippen molar-refractivity contribution in [1.29, 1.82) is 0 Å². The van der Waals surface area contributed by atoms with E-state index in [1.165, 1.54) is 5.56 Å². The lowest BCUT2D eigenvalue weighted by Gasteiger charge is -2.37. The standard InChI is InChI=1S/C24H31N3O2/c1-5-26(17-19-10-12-21(13-11-19)25(3)4)24(29)16-23-22-9-7-6-8-20(22)14-15-27(23)18(2)28/h6-13,23H,5,14-17H2,1-4H3. The Balaban J connectivity index is 1.76. The van der Waals surface area contributed by atoms with Gasteiger partial charge in [0.25, 0.3) is 0 Å². The number of carbonyl (C=O) groups excluding carboxylic acids is 2. The van der Waals surface area contributed by atoms with Crippen LogP contribution < -0.4 is 4.90 Å². The van der Waals surface area contributed by atoms with Gasteiger partial charge in [-0.15, -0.1) is 0 Å². The van der Waals surface area contributed by atoms with E-state index in [2.05, 4.69) is 41.3 Å². The first kappa shape index (κ1) is 20.9. The van der Waals surface area contributed by atoms with Crippen molar-refractivity contribution in [3.05, 3.63) is 65.2 Å². The Morgan fingerprint density at radius 3 is 2.38 bits per heavy atom. The van der Waals surface area contributed by atoms with Crippen LogP contribution in [0.2, 0.25) is 0 Å². The fourth-order valence-electron chi connectivity index (χ4n) is 4.04. The van der Waals surface area contributed by atoms with Gasteiger partial charge in [-0.2, -0.15) is 0 Å². The largest absolute Gasteiger partial charge is 0.378 e. The Bertz CT molecular complexity index is 861. The van der Waals surface area contributed by atoms with Gasteiger partial charge < -0.3 is 14.7 Å². The molecule has 2 aromatic carbocycles. The van der Waals surface area contributed by atoms with Gasteiger partial charge in [0.1, 0.15) is 0 Å². The van der Waals surface area contributed by atoms with E-state index in [0.29, 0.717) is 26.1 Å². The first-order chi connectivity index (χ1) is 13.9. The topological polar surface area (TPSA) is 43.9 Å². The first-order valence-electron chi connectivity index (χ1n) is 10.3. The molecule has 0 fully saturated rings. The second-order valence-electron chi connectivity index (χ2n) is 7.85. The zero-order chi connectivity index (χ0) is 21.0.